The van der Waals surface area contributed by atoms with Crippen molar-refractivity contribution < 1.29 is 9.59 Å². The van der Waals surface area contributed by atoms with Crippen molar-refractivity contribution in [1.29, 1.82) is 0 Å². The first-order valence-corrected chi connectivity index (χ1v) is 8.30. The molecule has 2 aliphatic heterocycles. The number of aromatic nitrogens is 2. The number of halogens is 1. The minimum atomic E-state index is -0.783. The molecule has 0 aliphatic carbocycles. The van der Waals surface area contributed by atoms with Crippen LogP contribution >= 0.6 is 15.9 Å². The molecule has 4 rings (SSSR count). The van der Waals surface area contributed by atoms with Crippen molar-refractivity contribution in [3.05, 3.63) is 22.8 Å². The zero-order valence-corrected chi connectivity index (χ0v) is 14.1. The number of nitrogens with zero attached hydrogens (tertiary/aromatic N) is 2. The molecule has 0 radical (unpaired) electrons. The molecule has 0 unspecified atom stereocenters. The monoisotopic (exact) mass is 377 g/mol. The summed E-state index contributed by atoms with van der Waals surface area (Å²) in [4.78, 5) is 26.0. The first kappa shape index (κ1) is 14.5. The third-order valence-corrected chi connectivity index (χ3v) is 5.38. The lowest BCUT2D eigenvalue weighted by molar-refractivity contribution is -0.126. The normalized spacial score (nSPS) is 27.6. The fraction of sp³-hybridized carbons (Fsp3) is 0.400. The molecule has 1 aromatic carbocycles. The second-order valence-corrected chi connectivity index (χ2v) is 7.15. The summed E-state index contributed by atoms with van der Waals surface area (Å²) in [5.41, 5.74) is 1.26. The van der Waals surface area contributed by atoms with Crippen molar-refractivity contribution in [2.45, 2.75) is 18.9 Å². The number of carbonyl (C=O) groups excluding carboxylic acids is 2. The standard InChI is InChI=1S/C15H16BrN5O2/c1-8-7-21(3-2-15(8)13(22)18-14(23)19-15)12-5-9(16)4-11-10(12)6-17-20-11/h4-6,8H,2-3,7H2,1H3,(H,17,20)(H2,18,19,22,23)/t8-,15-/m1/s1. The smallest absolute Gasteiger partial charge is 0.322 e. The van der Waals surface area contributed by atoms with Gasteiger partial charge in [-0.05, 0) is 18.6 Å². The summed E-state index contributed by atoms with van der Waals surface area (Å²) < 4.78 is 0.976. The number of fused-ring (bicyclic) bond motifs is 1. The van der Waals surface area contributed by atoms with Crippen LogP contribution in [0.1, 0.15) is 13.3 Å². The summed E-state index contributed by atoms with van der Waals surface area (Å²) >= 11 is 3.53. The van der Waals surface area contributed by atoms with Crippen LogP contribution in [0, 0.1) is 5.92 Å². The number of carbonyl (C=O) groups is 2. The van der Waals surface area contributed by atoms with Crippen molar-refractivity contribution in [3.63, 3.8) is 0 Å². The Hall–Kier alpha value is -2.09. The van der Waals surface area contributed by atoms with Gasteiger partial charge in [0.2, 0.25) is 0 Å². The number of hydrogen-bond donors (Lipinski definition) is 3. The van der Waals surface area contributed by atoms with Gasteiger partial charge in [-0.2, -0.15) is 5.10 Å². The minimum Gasteiger partial charge on any atom is -0.370 e. The average Bonchev–Trinajstić information content (AvgIpc) is 3.06. The Morgan fingerprint density at radius 3 is 2.91 bits per heavy atom. The molecule has 3 amide bonds. The number of piperidine rings is 1. The van der Waals surface area contributed by atoms with E-state index < -0.39 is 11.6 Å². The van der Waals surface area contributed by atoms with Crippen LogP contribution in [-0.4, -0.2) is 40.8 Å². The predicted molar refractivity (Wildman–Crippen MR) is 89.2 cm³/mol. The van der Waals surface area contributed by atoms with Gasteiger partial charge in [-0.1, -0.05) is 22.9 Å². The zero-order valence-electron chi connectivity index (χ0n) is 12.5. The van der Waals surface area contributed by atoms with Crippen molar-refractivity contribution in [2.24, 2.45) is 5.92 Å². The number of amides is 3. The number of urea groups is 1. The maximum atomic E-state index is 12.2. The van der Waals surface area contributed by atoms with E-state index in [0.717, 1.165) is 21.1 Å². The molecule has 2 aromatic rings. The maximum absolute atomic E-state index is 12.2. The lowest BCUT2D eigenvalue weighted by atomic mass is 9.78. The molecule has 0 saturated carbocycles. The van der Waals surface area contributed by atoms with E-state index in [1.165, 1.54) is 0 Å². The second kappa shape index (κ2) is 4.95. The zero-order chi connectivity index (χ0) is 16.2. The molecule has 0 bridgehead atoms. The maximum Gasteiger partial charge on any atom is 0.322 e. The molecule has 2 aliphatic rings. The van der Waals surface area contributed by atoms with Crippen LogP contribution in [0.4, 0.5) is 10.5 Å². The van der Waals surface area contributed by atoms with E-state index in [-0.39, 0.29) is 11.8 Å². The molecule has 23 heavy (non-hydrogen) atoms. The van der Waals surface area contributed by atoms with Crippen molar-refractivity contribution in [2.75, 3.05) is 18.0 Å². The van der Waals surface area contributed by atoms with Crippen LogP contribution in [0.15, 0.2) is 22.8 Å². The van der Waals surface area contributed by atoms with E-state index in [9.17, 15) is 9.59 Å². The van der Waals surface area contributed by atoms with Gasteiger partial charge in [-0.15, -0.1) is 0 Å². The van der Waals surface area contributed by atoms with Crippen LogP contribution < -0.4 is 15.5 Å². The summed E-state index contributed by atoms with van der Waals surface area (Å²) in [6.45, 7) is 3.38. The van der Waals surface area contributed by atoms with Crippen LogP contribution in [0.5, 0.6) is 0 Å². The molecule has 2 fully saturated rings. The summed E-state index contributed by atoms with van der Waals surface area (Å²) in [6, 6.07) is 3.66. The molecular weight excluding hydrogens is 362 g/mol. The van der Waals surface area contributed by atoms with Crippen molar-refractivity contribution >= 4 is 44.5 Å². The average molecular weight is 378 g/mol. The highest BCUT2D eigenvalue weighted by molar-refractivity contribution is 9.10. The third kappa shape index (κ3) is 2.12. The van der Waals surface area contributed by atoms with Gasteiger partial charge >= 0.3 is 6.03 Å². The number of benzene rings is 1. The Morgan fingerprint density at radius 1 is 1.39 bits per heavy atom. The summed E-state index contributed by atoms with van der Waals surface area (Å²) in [5.74, 6) is -0.207. The molecule has 3 heterocycles. The topological polar surface area (TPSA) is 90.1 Å². The largest absolute Gasteiger partial charge is 0.370 e. The quantitative estimate of drug-likeness (QED) is 0.660. The molecule has 120 valence electrons. The molecular formula is C15H16BrN5O2. The lowest BCUT2D eigenvalue weighted by Gasteiger charge is -2.43. The Balaban J connectivity index is 1.67. The van der Waals surface area contributed by atoms with Crippen molar-refractivity contribution in [1.82, 2.24) is 20.8 Å². The highest BCUT2D eigenvalue weighted by Gasteiger charge is 2.52. The fourth-order valence-corrected chi connectivity index (χ4v) is 4.09. The minimum absolute atomic E-state index is 0.00336. The van der Waals surface area contributed by atoms with Gasteiger partial charge < -0.3 is 10.2 Å². The van der Waals surface area contributed by atoms with Gasteiger partial charge in [0.1, 0.15) is 5.54 Å². The highest BCUT2D eigenvalue weighted by atomic mass is 79.9. The number of imide groups is 1. The Bertz CT molecular complexity index is 819. The van der Waals surface area contributed by atoms with Crippen LogP contribution in [-0.2, 0) is 4.79 Å². The summed E-state index contributed by atoms with van der Waals surface area (Å²) in [6.07, 6.45) is 2.40. The van der Waals surface area contributed by atoms with E-state index in [1.807, 2.05) is 19.2 Å². The predicted octanol–water partition coefficient (Wildman–Crippen LogP) is 1.75. The van der Waals surface area contributed by atoms with Crippen molar-refractivity contribution in [3.8, 4) is 0 Å². The number of aromatic amines is 1. The van der Waals surface area contributed by atoms with Gasteiger partial charge in [-0.25, -0.2) is 4.79 Å². The first-order valence-electron chi connectivity index (χ1n) is 7.51. The van der Waals surface area contributed by atoms with Crippen LogP contribution in [0.25, 0.3) is 10.9 Å². The number of anilines is 1. The molecule has 1 spiro atoms. The molecule has 8 heteroatoms. The van der Waals surface area contributed by atoms with E-state index in [4.69, 9.17) is 0 Å². The third-order valence-electron chi connectivity index (χ3n) is 4.92. The fourth-order valence-electron chi connectivity index (χ4n) is 3.64. The Kier molecular flexibility index (Phi) is 3.12. The number of hydrogen-bond acceptors (Lipinski definition) is 4. The summed E-state index contributed by atoms with van der Waals surface area (Å²) in [7, 11) is 0. The van der Waals surface area contributed by atoms with Gasteiger partial charge in [-0.3, -0.25) is 15.2 Å². The number of rotatable bonds is 1. The van der Waals surface area contributed by atoms with Crippen LogP contribution in [0.2, 0.25) is 0 Å². The van der Waals surface area contributed by atoms with E-state index in [1.54, 1.807) is 0 Å². The second-order valence-electron chi connectivity index (χ2n) is 6.23. The van der Waals surface area contributed by atoms with Crippen LogP contribution in [0.3, 0.4) is 0 Å². The van der Waals surface area contributed by atoms with E-state index in [0.29, 0.717) is 19.5 Å². The molecule has 2 saturated heterocycles. The van der Waals surface area contributed by atoms with Gasteiger partial charge in [0.05, 0.1) is 11.7 Å². The number of H-pyrrole nitrogens is 1. The first-order chi connectivity index (χ1) is 11.0. The Labute approximate surface area is 140 Å². The lowest BCUT2D eigenvalue weighted by Crippen LogP contribution is -2.60. The summed E-state index contributed by atoms with van der Waals surface area (Å²) in [5, 5.41) is 13.4. The Morgan fingerprint density at radius 2 is 2.22 bits per heavy atom. The highest BCUT2D eigenvalue weighted by Crippen LogP contribution is 2.36. The molecule has 1 aromatic heterocycles. The number of nitrogens with one attached hydrogen (secondary N) is 3. The van der Waals surface area contributed by atoms with Gasteiger partial charge in [0.15, 0.2) is 0 Å². The van der Waals surface area contributed by atoms with Gasteiger partial charge in [0, 0.05) is 34.6 Å². The molecule has 2 atom stereocenters. The molecule has 7 nitrogen and oxygen atoms in total. The SMILES string of the molecule is C[C@@H]1CN(c2cc(Br)cc3[nH]ncc23)CC[C@@]12NC(=O)NC2=O. The molecule has 3 N–H and O–H groups in total. The van der Waals surface area contributed by atoms with E-state index >= 15 is 0 Å². The van der Waals surface area contributed by atoms with Gasteiger partial charge in [0.25, 0.3) is 5.91 Å². The van der Waals surface area contributed by atoms with E-state index in [2.05, 4.69) is 47.7 Å².